The number of rotatable bonds is 71. The van der Waals surface area contributed by atoms with Gasteiger partial charge in [-0.25, -0.2) is 32.6 Å². The number of fused-ring (bicyclic) bond motifs is 2. The molecule has 2 aliphatic heterocycles. The topological polar surface area (TPSA) is 641 Å². The molecule has 4 aliphatic rings. The van der Waals surface area contributed by atoms with E-state index in [0.717, 1.165) is 27.5 Å². The molecule has 4 aromatic rings. The van der Waals surface area contributed by atoms with Crippen molar-refractivity contribution in [1.82, 2.24) is 29.7 Å². The Balaban J connectivity index is 0.705. The number of carbonyl (C=O) groups excluding carboxylic acids is 3. The highest BCUT2D eigenvalue weighted by atomic mass is 31.2. The first-order valence-corrected chi connectivity index (χ1v) is 47.8. The minimum absolute atomic E-state index is 0.00707. The Morgan fingerprint density at radius 2 is 1.01 bits per heavy atom. The number of phenolic OH excluding ortho intramolecular Hbond substituents is 1. The Hall–Kier alpha value is -7.56. The number of phosphoric acid groups is 4. The van der Waals surface area contributed by atoms with Gasteiger partial charge in [0.2, 0.25) is 5.91 Å². The van der Waals surface area contributed by atoms with Crippen LogP contribution in [0.15, 0.2) is 105 Å². The second kappa shape index (κ2) is 58.7. The van der Waals surface area contributed by atoms with E-state index in [4.69, 9.17) is 113 Å². The number of aliphatic hydroxyl groups is 2. The van der Waals surface area contributed by atoms with E-state index in [2.05, 4.69) is 20.6 Å². The lowest BCUT2D eigenvalue weighted by Crippen LogP contribution is -2.33. The zero-order valence-corrected chi connectivity index (χ0v) is 75.4. The summed E-state index contributed by atoms with van der Waals surface area (Å²) >= 11 is 0. The summed E-state index contributed by atoms with van der Waals surface area (Å²) in [5.41, 5.74) is 6.04. The Kier molecular flexibility index (Phi) is 48.7. The molecule has 10 atom stereocenters. The molecule has 13 N–H and O–H groups in total. The van der Waals surface area contributed by atoms with Gasteiger partial charge in [-0.3, -0.25) is 69.5 Å². The first kappa shape index (κ1) is 109. The lowest BCUT2D eigenvalue weighted by Gasteiger charge is -2.27. The zero-order chi connectivity index (χ0) is 94.3. The van der Waals surface area contributed by atoms with Crippen molar-refractivity contribution in [3.05, 3.63) is 155 Å². The number of benzene rings is 2. The number of nitrogen functional groups attached to an aromatic ring is 1. The van der Waals surface area contributed by atoms with E-state index in [1.807, 2.05) is 0 Å². The van der Waals surface area contributed by atoms with Gasteiger partial charge in [0.25, 0.3) is 11.5 Å². The summed E-state index contributed by atoms with van der Waals surface area (Å²) in [7, 11) is -19.1. The van der Waals surface area contributed by atoms with Gasteiger partial charge in [-0.15, -0.1) is 0 Å². The predicted octanol–water partition coefficient (Wildman–Crippen LogP) is 2.35. The van der Waals surface area contributed by atoms with E-state index in [1.54, 1.807) is 18.2 Å². The van der Waals surface area contributed by atoms with Crippen molar-refractivity contribution in [1.29, 1.82) is 0 Å². The first-order chi connectivity index (χ1) is 63.0. The molecule has 0 saturated carbocycles. The number of aliphatic hydroxyl groups excluding tert-OH is 2. The van der Waals surface area contributed by atoms with Crippen LogP contribution in [0.25, 0.3) is 11.6 Å². The summed E-state index contributed by atoms with van der Waals surface area (Å²) in [5.74, 6) is -2.59. The first-order valence-electron chi connectivity index (χ1n) is 41.9. The van der Waals surface area contributed by atoms with Crippen LogP contribution in [0.1, 0.15) is 94.0 Å². The van der Waals surface area contributed by atoms with Crippen LogP contribution in [0.2, 0.25) is 0 Å². The molecule has 52 heteroatoms. The molecule has 8 rings (SSSR count). The van der Waals surface area contributed by atoms with Crippen molar-refractivity contribution in [3.63, 3.8) is 0 Å². The Labute approximate surface area is 751 Å². The van der Waals surface area contributed by atoms with E-state index in [1.165, 1.54) is 48.7 Å². The Morgan fingerprint density at radius 3 is 1.51 bits per heavy atom. The number of allylic oxidation sites excluding steroid dienone is 5. The number of H-pyrrole nitrogens is 1. The SMILES string of the molecule is Nc1ccn([C@H]2CC(O)[C@@H](COP(=O)(O)OCCOCCOCCOP(=O)(O)OC3C[C@H](n4cc(/C=C/C(=O)NCCCCCCNC(=O)c5ccc(C(=O)O)c(C6=C7C=CC(=O)C=C7Cc7cc(O)ccc76)c5)c(=O)[nH]c4=O)O[C@@H]3COP(=O)(O)OCCOCCOCCOCCOCCOCCOP(=O)(O)OCCOCCOCCOCCOCCOCCO)O2)c(=O)n1. The number of amides is 2. The number of carboxylic acid groups (broad SMARTS) is 1. The van der Waals surface area contributed by atoms with Gasteiger partial charge >= 0.3 is 48.6 Å². The van der Waals surface area contributed by atoms with E-state index in [-0.39, 0.29) is 198 Å². The van der Waals surface area contributed by atoms with Crippen LogP contribution < -0.4 is 33.3 Å². The summed E-state index contributed by atoms with van der Waals surface area (Å²) in [6.07, 6.45) is 3.33. The molecule has 4 heterocycles. The molecule has 6 unspecified atom stereocenters. The lowest BCUT2D eigenvalue weighted by molar-refractivity contribution is -0.116. The predicted molar refractivity (Wildman–Crippen MR) is 456 cm³/mol. The largest absolute Gasteiger partial charge is 0.508 e. The highest BCUT2D eigenvalue weighted by Crippen LogP contribution is 2.51. The molecule has 732 valence electrons. The minimum Gasteiger partial charge on any atom is -0.508 e. The maximum atomic E-state index is 13.5. The van der Waals surface area contributed by atoms with Crippen LogP contribution in [0.5, 0.6) is 5.75 Å². The number of nitrogens with one attached hydrogen (secondary N) is 3. The molecule has 48 nitrogen and oxygen atoms in total. The molecule has 131 heavy (non-hydrogen) atoms. The molecular weight excluding hydrogens is 1830 g/mol. The average molecular weight is 1940 g/mol. The van der Waals surface area contributed by atoms with Crippen molar-refractivity contribution < 1.29 is 180 Å². The van der Waals surface area contributed by atoms with E-state index < -0.39 is 142 Å². The van der Waals surface area contributed by atoms with Crippen molar-refractivity contribution in [2.24, 2.45) is 0 Å². The zero-order valence-electron chi connectivity index (χ0n) is 71.8. The number of nitrogens with two attached hydrogens (primary N) is 1. The number of hydrogen-bond donors (Lipinski definition) is 12. The molecule has 2 aliphatic carbocycles. The fourth-order valence-electron chi connectivity index (χ4n) is 12.7. The van der Waals surface area contributed by atoms with E-state index in [0.29, 0.717) is 99.6 Å². The van der Waals surface area contributed by atoms with Gasteiger partial charge in [-0.2, -0.15) is 4.98 Å². The molecule has 2 aromatic heterocycles. The molecule has 2 amide bonds. The number of carbonyl (C=O) groups is 4. The Bertz CT molecular complexity index is 4760. The highest BCUT2D eigenvalue weighted by molar-refractivity contribution is 7.48. The quantitative estimate of drug-likeness (QED) is 0.0171. The molecule has 2 aromatic carbocycles. The Morgan fingerprint density at radius 1 is 0.542 bits per heavy atom. The van der Waals surface area contributed by atoms with Gasteiger partial charge in [0, 0.05) is 50.0 Å². The number of aromatic hydroxyl groups is 1. The number of phenols is 1. The minimum atomic E-state index is -5.10. The van der Waals surface area contributed by atoms with Crippen LogP contribution in [0, 0.1) is 0 Å². The van der Waals surface area contributed by atoms with Crippen LogP contribution in [-0.2, 0) is 137 Å². The molecule has 0 bridgehead atoms. The molecule has 0 spiro atoms. The second-order valence-electron chi connectivity index (χ2n) is 28.5. The number of nitrogens with zero attached hydrogens (tertiary/aromatic N) is 3. The van der Waals surface area contributed by atoms with Crippen molar-refractivity contribution in [3.8, 4) is 5.75 Å². The standard InChI is InChI=1S/C79H115N7O41P4/c80-70-13-16-85(78(96)83-70)72-51-66(90)68(125-72)54-123-129(100,101)120-44-39-116-35-36-117-41-46-122-131(104,105)127-67-52-73(126-69(67)55-124-130(102,103)121-45-40-115-34-31-112-28-25-109-24-27-111-30-33-114-38-43-119-128(98,99)118-42-37-113-32-29-110-26-23-108-22-21-107-20-19-106-18-17-87)86-53-57(76(93)84-79(86)97)6-12-71(91)81-14-3-1-2-4-15-82-75(92)56-5-9-64(77(94)95)65(50-56)74-62-10-7-60(88)48-58(62)47-59-49-61(89)8-11-63(59)74/h5-13,16,48-50,53,66-69,72-73,87-88,90H,1-4,14-15,17-47,51-52,54-55H2,(H,81,91)(H,82,92)(H,94,95)(H,98,99)(H,100,101)(H,102,103)(H,104,105)(H2,80,83,96)(H,84,93,97)/b12-6+/t66?,67?,68-,69-,72-,73-/m1/s1. The smallest absolute Gasteiger partial charge is 0.472 e. The normalized spacial score (nSPS) is 19.2. The molecule has 2 fully saturated rings. The highest BCUT2D eigenvalue weighted by Gasteiger charge is 2.44. The van der Waals surface area contributed by atoms with Crippen LogP contribution in [-0.4, -0.2) is 332 Å². The third-order valence-corrected chi connectivity index (χ3v) is 22.9. The third-order valence-electron chi connectivity index (χ3n) is 18.9. The number of hydrogen-bond acceptors (Lipinski definition) is 38. The number of anilines is 1. The van der Waals surface area contributed by atoms with Gasteiger partial charge < -0.3 is 123 Å². The maximum Gasteiger partial charge on any atom is 0.472 e. The third kappa shape index (κ3) is 40.9. The monoisotopic (exact) mass is 1940 g/mol. The van der Waals surface area contributed by atoms with Gasteiger partial charge in [0.05, 0.1) is 229 Å². The van der Waals surface area contributed by atoms with Gasteiger partial charge in [-0.1, -0.05) is 25.0 Å². The number of phosphoric ester groups is 4. The summed E-state index contributed by atoms with van der Waals surface area (Å²) in [4.78, 5) is 138. The number of aromatic nitrogens is 4. The van der Waals surface area contributed by atoms with Crippen LogP contribution in [0.4, 0.5) is 5.82 Å². The second-order valence-corrected chi connectivity index (χ2v) is 34.3. The van der Waals surface area contributed by atoms with Crippen molar-refractivity contribution >= 4 is 72.3 Å². The summed E-state index contributed by atoms with van der Waals surface area (Å²) in [6.45, 7) is 0.518. The number of unbranched alkanes of at least 4 members (excludes halogenated alkanes) is 3. The van der Waals surface area contributed by atoms with Crippen LogP contribution >= 0.6 is 31.3 Å². The number of ether oxygens (including phenoxy) is 14. The van der Waals surface area contributed by atoms with Crippen molar-refractivity contribution in [2.75, 3.05) is 230 Å². The van der Waals surface area contributed by atoms with Gasteiger partial charge in [-0.05, 0) is 107 Å². The van der Waals surface area contributed by atoms with Gasteiger partial charge in [0.1, 0.15) is 42.3 Å². The fourth-order valence-corrected chi connectivity index (χ4v) is 15.7. The summed E-state index contributed by atoms with van der Waals surface area (Å²) in [5, 5.41) is 45.2. The molecular formula is C79H115N7O41P4. The maximum absolute atomic E-state index is 13.5. The number of ketones is 1. The summed E-state index contributed by atoms with van der Waals surface area (Å²) < 4.78 is 170. The lowest BCUT2D eigenvalue weighted by atomic mass is 9.76. The number of carboxylic acids is 1. The number of aromatic carboxylic acids is 1. The molecule has 2 saturated heterocycles. The fraction of sp³-hybridized carbons (Fsp3) is 0.595. The molecule has 0 radical (unpaired) electrons. The number of aromatic amines is 1. The van der Waals surface area contributed by atoms with E-state index >= 15 is 0 Å². The van der Waals surface area contributed by atoms with Crippen molar-refractivity contribution in [2.45, 2.75) is 81.8 Å². The van der Waals surface area contributed by atoms with Crippen LogP contribution in [0.3, 0.4) is 0 Å². The van der Waals surface area contributed by atoms with Gasteiger partial charge in [0.15, 0.2) is 5.78 Å². The average Bonchev–Trinajstić information content (AvgIpc) is 1.44. The van der Waals surface area contributed by atoms with E-state index in [9.17, 15) is 86.7 Å². The summed E-state index contributed by atoms with van der Waals surface area (Å²) in [6, 6.07) is 10.3.